The van der Waals surface area contributed by atoms with Gasteiger partial charge < -0.3 is 14.7 Å². The molecule has 21 heavy (non-hydrogen) atoms. The standard InChI is InChI=1S/C18H35NO2/c1-18(2,3)15-7-9-17(10-8-15)21-14-16(20)13-19-11-5-4-6-12-19/h15-17,20H,4-14H2,1-3H3/t15?,16-,17?/m0/s1. The molecule has 0 radical (unpaired) electrons. The van der Waals surface area contributed by atoms with Crippen LogP contribution in [-0.4, -0.2) is 48.5 Å². The van der Waals surface area contributed by atoms with Gasteiger partial charge >= 0.3 is 0 Å². The fraction of sp³-hybridized carbons (Fsp3) is 1.00. The zero-order chi connectivity index (χ0) is 15.3. The Labute approximate surface area is 131 Å². The lowest BCUT2D eigenvalue weighted by atomic mass is 9.72. The molecule has 0 aromatic heterocycles. The van der Waals surface area contributed by atoms with Crippen LogP contribution in [0.3, 0.4) is 0 Å². The van der Waals surface area contributed by atoms with Gasteiger partial charge in [-0.3, -0.25) is 0 Å². The van der Waals surface area contributed by atoms with E-state index in [1.54, 1.807) is 0 Å². The topological polar surface area (TPSA) is 32.7 Å². The third-order valence-electron chi connectivity index (χ3n) is 5.34. The molecular formula is C18H35NO2. The van der Waals surface area contributed by atoms with Gasteiger partial charge in [-0.25, -0.2) is 0 Å². The summed E-state index contributed by atoms with van der Waals surface area (Å²) in [7, 11) is 0. The van der Waals surface area contributed by atoms with Gasteiger partial charge in [0.1, 0.15) is 0 Å². The average Bonchev–Trinajstić information content (AvgIpc) is 2.46. The van der Waals surface area contributed by atoms with Crippen molar-refractivity contribution < 1.29 is 9.84 Å². The summed E-state index contributed by atoms with van der Waals surface area (Å²) in [5, 5.41) is 10.1. The van der Waals surface area contributed by atoms with E-state index < -0.39 is 0 Å². The summed E-state index contributed by atoms with van der Waals surface area (Å²) in [6.07, 6.45) is 8.85. The van der Waals surface area contributed by atoms with E-state index in [1.807, 2.05) is 0 Å². The van der Waals surface area contributed by atoms with E-state index in [2.05, 4.69) is 25.7 Å². The van der Waals surface area contributed by atoms with Crippen LogP contribution >= 0.6 is 0 Å². The quantitative estimate of drug-likeness (QED) is 0.843. The minimum Gasteiger partial charge on any atom is -0.389 e. The number of likely N-dealkylation sites (tertiary alicyclic amines) is 1. The van der Waals surface area contributed by atoms with Gasteiger partial charge in [0.2, 0.25) is 0 Å². The van der Waals surface area contributed by atoms with Crippen molar-refractivity contribution >= 4 is 0 Å². The van der Waals surface area contributed by atoms with Gasteiger partial charge in [-0.1, -0.05) is 27.2 Å². The molecule has 1 heterocycles. The summed E-state index contributed by atoms with van der Waals surface area (Å²) in [5.74, 6) is 0.829. The summed E-state index contributed by atoms with van der Waals surface area (Å²) < 4.78 is 5.97. The maximum atomic E-state index is 10.1. The highest BCUT2D eigenvalue weighted by atomic mass is 16.5. The van der Waals surface area contributed by atoms with Gasteiger partial charge in [0.25, 0.3) is 0 Å². The highest BCUT2D eigenvalue weighted by Gasteiger charge is 2.30. The number of ether oxygens (including phenoxy) is 1. The van der Waals surface area contributed by atoms with E-state index in [4.69, 9.17) is 4.74 Å². The molecule has 1 atom stereocenters. The predicted octanol–water partition coefficient (Wildman–Crippen LogP) is 3.45. The molecule has 1 N–H and O–H groups in total. The molecule has 2 fully saturated rings. The minimum atomic E-state index is -0.316. The molecule has 0 spiro atoms. The Hall–Kier alpha value is -0.120. The van der Waals surface area contributed by atoms with Gasteiger partial charge in [-0.15, -0.1) is 0 Å². The molecule has 0 bridgehead atoms. The lowest BCUT2D eigenvalue weighted by molar-refractivity contribution is -0.0454. The summed E-state index contributed by atoms with van der Waals surface area (Å²) in [4.78, 5) is 2.38. The maximum absolute atomic E-state index is 10.1. The predicted molar refractivity (Wildman–Crippen MR) is 87.5 cm³/mol. The Morgan fingerprint density at radius 2 is 1.67 bits per heavy atom. The van der Waals surface area contributed by atoms with E-state index in [-0.39, 0.29) is 6.10 Å². The monoisotopic (exact) mass is 297 g/mol. The number of aliphatic hydroxyl groups excluding tert-OH is 1. The van der Waals surface area contributed by atoms with Gasteiger partial charge in [0.15, 0.2) is 0 Å². The van der Waals surface area contributed by atoms with Crippen molar-refractivity contribution in [2.24, 2.45) is 11.3 Å². The second kappa shape index (κ2) is 7.94. The smallest absolute Gasteiger partial charge is 0.0900 e. The van der Waals surface area contributed by atoms with Crippen LogP contribution in [-0.2, 0) is 4.74 Å². The first-order chi connectivity index (χ1) is 9.95. The highest BCUT2D eigenvalue weighted by Crippen LogP contribution is 2.38. The van der Waals surface area contributed by atoms with Crippen molar-refractivity contribution in [3.05, 3.63) is 0 Å². The van der Waals surface area contributed by atoms with Gasteiger partial charge in [0, 0.05) is 6.54 Å². The first-order valence-electron chi connectivity index (χ1n) is 8.97. The molecule has 3 nitrogen and oxygen atoms in total. The van der Waals surface area contributed by atoms with Crippen molar-refractivity contribution in [1.29, 1.82) is 0 Å². The molecule has 0 unspecified atom stereocenters. The second-order valence-electron chi connectivity index (χ2n) is 8.19. The van der Waals surface area contributed by atoms with Crippen molar-refractivity contribution in [1.82, 2.24) is 4.90 Å². The summed E-state index contributed by atoms with van der Waals surface area (Å²) in [6.45, 7) is 10.6. The van der Waals surface area contributed by atoms with Gasteiger partial charge in [-0.2, -0.15) is 0 Å². The van der Waals surface area contributed by atoms with E-state index in [1.165, 1.54) is 44.9 Å². The number of rotatable bonds is 5. The second-order valence-corrected chi connectivity index (χ2v) is 8.19. The molecule has 3 heteroatoms. The third-order valence-corrected chi connectivity index (χ3v) is 5.34. The molecule has 2 rings (SSSR count). The minimum absolute atomic E-state index is 0.316. The Balaban J connectivity index is 1.60. The summed E-state index contributed by atoms with van der Waals surface area (Å²) >= 11 is 0. The fourth-order valence-electron chi connectivity index (χ4n) is 3.84. The van der Waals surface area contributed by atoms with Gasteiger partial charge in [0.05, 0.1) is 18.8 Å². The van der Waals surface area contributed by atoms with Crippen LogP contribution in [0, 0.1) is 11.3 Å². The maximum Gasteiger partial charge on any atom is 0.0900 e. The Morgan fingerprint density at radius 3 is 2.24 bits per heavy atom. The largest absolute Gasteiger partial charge is 0.389 e. The van der Waals surface area contributed by atoms with Crippen LogP contribution in [0.2, 0.25) is 0 Å². The van der Waals surface area contributed by atoms with E-state index in [0.29, 0.717) is 18.1 Å². The zero-order valence-electron chi connectivity index (χ0n) is 14.3. The highest BCUT2D eigenvalue weighted by molar-refractivity contribution is 4.81. The first kappa shape index (κ1) is 17.2. The Bertz CT molecular complexity index is 286. The molecule has 124 valence electrons. The number of hydrogen-bond donors (Lipinski definition) is 1. The van der Waals surface area contributed by atoms with Crippen LogP contribution in [0.15, 0.2) is 0 Å². The molecule has 1 aliphatic carbocycles. The van der Waals surface area contributed by atoms with Crippen LogP contribution in [0.25, 0.3) is 0 Å². The lowest BCUT2D eigenvalue weighted by Crippen LogP contribution is -2.39. The lowest BCUT2D eigenvalue weighted by Gasteiger charge is -2.37. The normalized spacial score (nSPS) is 30.3. The average molecular weight is 297 g/mol. The molecule has 1 aliphatic heterocycles. The van der Waals surface area contributed by atoms with Crippen LogP contribution in [0.1, 0.15) is 65.7 Å². The van der Waals surface area contributed by atoms with Crippen molar-refractivity contribution in [2.45, 2.75) is 77.9 Å². The molecule has 0 amide bonds. The number of β-amino-alcohol motifs (C(OH)–C–C–N with tert-alkyl or cyclic N) is 1. The van der Waals surface area contributed by atoms with Crippen LogP contribution < -0.4 is 0 Å². The Kier molecular flexibility index (Phi) is 6.51. The number of piperidine rings is 1. The fourth-order valence-corrected chi connectivity index (χ4v) is 3.84. The Morgan fingerprint density at radius 1 is 1.05 bits per heavy atom. The molecule has 1 saturated heterocycles. The van der Waals surface area contributed by atoms with Crippen molar-refractivity contribution in [2.75, 3.05) is 26.2 Å². The summed E-state index contributed by atoms with van der Waals surface area (Å²) in [6, 6.07) is 0. The molecule has 0 aromatic rings. The van der Waals surface area contributed by atoms with Crippen molar-refractivity contribution in [3.8, 4) is 0 Å². The van der Waals surface area contributed by atoms with E-state index in [0.717, 1.165) is 25.6 Å². The summed E-state index contributed by atoms with van der Waals surface area (Å²) in [5.41, 5.74) is 0.429. The zero-order valence-corrected chi connectivity index (χ0v) is 14.3. The van der Waals surface area contributed by atoms with Crippen LogP contribution in [0.4, 0.5) is 0 Å². The first-order valence-corrected chi connectivity index (χ1v) is 8.97. The van der Waals surface area contributed by atoms with E-state index in [9.17, 15) is 5.11 Å². The molecular weight excluding hydrogens is 262 g/mol. The van der Waals surface area contributed by atoms with Gasteiger partial charge in [-0.05, 0) is 62.9 Å². The number of hydrogen-bond acceptors (Lipinski definition) is 3. The third kappa shape index (κ3) is 5.88. The van der Waals surface area contributed by atoms with E-state index >= 15 is 0 Å². The number of aliphatic hydroxyl groups is 1. The van der Waals surface area contributed by atoms with Crippen molar-refractivity contribution in [3.63, 3.8) is 0 Å². The van der Waals surface area contributed by atoms with Crippen LogP contribution in [0.5, 0.6) is 0 Å². The molecule has 1 saturated carbocycles. The molecule has 0 aromatic carbocycles. The molecule has 2 aliphatic rings. The SMILES string of the molecule is CC(C)(C)C1CCC(OC[C@@H](O)CN2CCCCC2)CC1. The number of nitrogens with zero attached hydrogens (tertiary/aromatic N) is 1.